The summed E-state index contributed by atoms with van der Waals surface area (Å²) >= 11 is 0. The third-order valence-corrected chi connectivity index (χ3v) is 2.86. The van der Waals surface area contributed by atoms with Crippen LogP contribution in [0.3, 0.4) is 0 Å². The van der Waals surface area contributed by atoms with Crippen LogP contribution >= 0.6 is 0 Å². The Hall–Kier alpha value is -1.26. The molecule has 1 fully saturated rings. The number of hydroxylamine groups is 3. The number of carboxylic acid groups (broad SMARTS) is 2. The molecule has 0 radical (unpaired) electrons. The van der Waals surface area contributed by atoms with Gasteiger partial charge in [0.1, 0.15) is 6.67 Å². The van der Waals surface area contributed by atoms with Crippen LogP contribution in [-0.2, 0) is 9.59 Å². The predicted molar refractivity (Wildman–Crippen MR) is 56.6 cm³/mol. The lowest BCUT2D eigenvalue weighted by Gasteiger charge is -2.40. The van der Waals surface area contributed by atoms with E-state index in [4.69, 9.17) is 10.2 Å². The summed E-state index contributed by atoms with van der Waals surface area (Å²) in [5, 5.41) is 48.3. The number of hydrogen-bond donors (Lipinski definition) is 4. The molecule has 104 valence electrons. The summed E-state index contributed by atoms with van der Waals surface area (Å²) in [4.78, 5) is 21.9. The minimum absolute atomic E-state index is 0.0805. The third-order valence-electron chi connectivity index (χ3n) is 2.86. The summed E-state index contributed by atoms with van der Waals surface area (Å²) in [6.07, 6.45) is -3.86. The van der Waals surface area contributed by atoms with Crippen molar-refractivity contribution < 1.29 is 34.7 Å². The van der Waals surface area contributed by atoms with Gasteiger partial charge in [0.25, 0.3) is 0 Å². The van der Waals surface area contributed by atoms with Crippen LogP contribution in [0.1, 0.15) is 12.8 Å². The van der Waals surface area contributed by atoms with Gasteiger partial charge in [0, 0.05) is 6.54 Å². The minimum Gasteiger partial charge on any atom is -0.630 e. The monoisotopic (exact) mass is 264 g/mol. The number of aliphatic carboxylic acids is 2. The van der Waals surface area contributed by atoms with Crippen LogP contribution in [0.25, 0.3) is 0 Å². The number of quaternary nitrogens is 1. The Morgan fingerprint density at radius 2 is 1.78 bits per heavy atom. The van der Waals surface area contributed by atoms with E-state index in [0.717, 1.165) is 4.90 Å². The minimum atomic E-state index is -1.68. The Kier molecular flexibility index (Phi) is 4.59. The lowest BCUT2D eigenvalue weighted by molar-refractivity contribution is -0.918. The van der Waals surface area contributed by atoms with Gasteiger partial charge in [-0.25, -0.2) is 4.90 Å². The number of aliphatic hydroxyl groups excluding tert-OH is 2. The highest BCUT2D eigenvalue weighted by molar-refractivity contribution is 5.67. The normalized spacial score (nSPS) is 32.6. The van der Waals surface area contributed by atoms with Gasteiger partial charge in [-0.3, -0.25) is 9.59 Å². The summed E-state index contributed by atoms with van der Waals surface area (Å²) in [5.41, 5.74) is 0. The summed E-state index contributed by atoms with van der Waals surface area (Å²) in [7, 11) is 0. The molecule has 9 nitrogen and oxygen atoms in total. The van der Waals surface area contributed by atoms with E-state index in [0.29, 0.717) is 0 Å². The Morgan fingerprint density at radius 1 is 1.22 bits per heavy atom. The summed E-state index contributed by atoms with van der Waals surface area (Å²) in [6, 6.07) is 0. The fraction of sp³-hybridized carbons (Fsp3) is 0.778. The van der Waals surface area contributed by atoms with E-state index in [2.05, 4.69) is 0 Å². The molecule has 1 rings (SSSR count). The largest absolute Gasteiger partial charge is 0.630 e. The highest BCUT2D eigenvalue weighted by atomic mass is 16.6. The summed E-state index contributed by atoms with van der Waals surface area (Å²) in [5.74, 6) is -2.26. The molecular weight excluding hydrogens is 248 g/mol. The van der Waals surface area contributed by atoms with Crippen LogP contribution in [0, 0.1) is 5.21 Å². The molecule has 3 atom stereocenters. The topological polar surface area (TPSA) is 141 Å². The summed E-state index contributed by atoms with van der Waals surface area (Å²) < 4.78 is -1.27. The van der Waals surface area contributed by atoms with Crippen LogP contribution in [-0.4, -0.2) is 74.1 Å². The van der Waals surface area contributed by atoms with Crippen LogP contribution in [0.2, 0.25) is 0 Å². The fourth-order valence-corrected chi connectivity index (χ4v) is 1.84. The van der Waals surface area contributed by atoms with Gasteiger partial charge in [-0.2, -0.15) is 0 Å². The van der Waals surface area contributed by atoms with Gasteiger partial charge in [0.05, 0.1) is 19.4 Å². The molecule has 1 saturated heterocycles. The van der Waals surface area contributed by atoms with E-state index in [1.807, 2.05) is 0 Å². The Morgan fingerprint density at radius 3 is 2.28 bits per heavy atom. The molecule has 0 amide bonds. The first-order chi connectivity index (χ1) is 8.26. The Labute approximate surface area is 103 Å². The van der Waals surface area contributed by atoms with Crippen molar-refractivity contribution in [3.05, 3.63) is 5.21 Å². The molecule has 18 heavy (non-hydrogen) atoms. The second kappa shape index (κ2) is 5.59. The van der Waals surface area contributed by atoms with Crippen molar-refractivity contribution in [1.82, 2.24) is 4.90 Å². The average molecular weight is 264 g/mol. The van der Waals surface area contributed by atoms with Crippen LogP contribution in [0.15, 0.2) is 0 Å². The van der Waals surface area contributed by atoms with Crippen molar-refractivity contribution in [3.63, 3.8) is 0 Å². The van der Waals surface area contributed by atoms with E-state index < -0.39 is 35.5 Å². The van der Waals surface area contributed by atoms with E-state index in [1.54, 1.807) is 0 Å². The van der Waals surface area contributed by atoms with Crippen molar-refractivity contribution >= 4 is 11.9 Å². The van der Waals surface area contributed by atoms with Crippen molar-refractivity contribution in [2.75, 3.05) is 19.8 Å². The number of hydrogen-bond acceptors (Lipinski definition) is 6. The molecule has 1 aliphatic heterocycles. The van der Waals surface area contributed by atoms with Gasteiger partial charge in [-0.05, 0) is 0 Å². The number of carbonyl (C=O) groups is 2. The molecule has 0 saturated carbocycles. The first kappa shape index (κ1) is 14.8. The van der Waals surface area contributed by atoms with Gasteiger partial charge in [0.15, 0.2) is 6.23 Å². The average Bonchev–Trinajstić information content (AvgIpc) is 2.49. The molecule has 0 bridgehead atoms. The molecule has 1 heterocycles. The number of nitrogens with zero attached hydrogens (tertiary/aromatic N) is 2. The molecule has 3 unspecified atom stereocenters. The van der Waals surface area contributed by atoms with Gasteiger partial charge < -0.3 is 30.3 Å². The lowest BCUT2D eigenvalue weighted by Crippen LogP contribution is -2.50. The zero-order valence-electron chi connectivity index (χ0n) is 9.60. The lowest BCUT2D eigenvalue weighted by atomic mass is 10.3. The van der Waals surface area contributed by atoms with Crippen molar-refractivity contribution in [1.29, 1.82) is 0 Å². The standard InChI is InChI=1S/C9H16N2O7/c12-6(13)1-3-10-5-11(18,4-2-7(14)15)9(17)8(10)16/h8-9,16-17H,1-5H2,(H,12,13)(H,14,15). The Bertz CT molecular complexity index is 337. The van der Waals surface area contributed by atoms with Crippen molar-refractivity contribution in [3.8, 4) is 0 Å². The molecule has 9 heteroatoms. The van der Waals surface area contributed by atoms with Gasteiger partial charge in [0.2, 0.25) is 6.23 Å². The van der Waals surface area contributed by atoms with E-state index in [1.165, 1.54) is 0 Å². The predicted octanol–water partition coefficient (Wildman–Crippen LogP) is -1.84. The molecule has 0 aromatic rings. The van der Waals surface area contributed by atoms with Gasteiger partial charge >= 0.3 is 11.9 Å². The zero-order chi connectivity index (χ0) is 13.9. The fourth-order valence-electron chi connectivity index (χ4n) is 1.84. The zero-order valence-corrected chi connectivity index (χ0v) is 9.60. The van der Waals surface area contributed by atoms with Crippen LogP contribution < -0.4 is 0 Å². The molecule has 0 spiro atoms. The summed E-state index contributed by atoms with van der Waals surface area (Å²) in [6.45, 7) is -0.789. The molecule has 1 aliphatic rings. The number of aliphatic hydroxyl groups is 2. The van der Waals surface area contributed by atoms with Crippen LogP contribution in [0.5, 0.6) is 0 Å². The first-order valence-corrected chi connectivity index (χ1v) is 5.38. The van der Waals surface area contributed by atoms with Gasteiger partial charge in [-0.15, -0.1) is 0 Å². The molecule has 4 N–H and O–H groups in total. The van der Waals surface area contributed by atoms with E-state index in [-0.39, 0.29) is 26.2 Å². The number of carboxylic acids is 2. The highest BCUT2D eigenvalue weighted by Crippen LogP contribution is 2.25. The quantitative estimate of drug-likeness (QED) is 0.324. The first-order valence-electron chi connectivity index (χ1n) is 5.38. The molecular formula is C9H16N2O7. The Balaban J connectivity index is 2.61. The van der Waals surface area contributed by atoms with Crippen molar-refractivity contribution in [2.45, 2.75) is 25.3 Å². The van der Waals surface area contributed by atoms with Crippen molar-refractivity contribution in [2.24, 2.45) is 0 Å². The van der Waals surface area contributed by atoms with E-state index >= 15 is 0 Å². The third kappa shape index (κ3) is 3.37. The highest BCUT2D eigenvalue weighted by Gasteiger charge is 2.46. The smallest absolute Gasteiger partial charge is 0.309 e. The van der Waals surface area contributed by atoms with Crippen LogP contribution in [0.4, 0.5) is 0 Å². The molecule has 0 aromatic carbocycles. The molecule has 0 aliphatic carbocycles. The maximum absolute atomic E-state index is 12.1. The maximum Gasteiger partial charge on any atom is 0.309 e. The molecule has 0 aromatic heterocycles. The number of rotatable bonds is 6. The van der Waals surface area contributed by atoms with E-state index in [9.17, 15) is 25.0 Å². The van der Waals surface area contributed by atoms with Gasteiger partial charge in [-0.1, -0.05) is 0 Å². The maximum atomic E-state index is 12.1. The second-order valence-corrected chi connectivity index (χ2v) is 4.24. The SMILES string of the molecule is O=C(O)CCN1C[N+]([O-])(CCC(=O)O)C(O)C1O. The second-order valence-electron chi connectivity index (χ2n) is 4.24.